The number of hydrogen-bond acceptors (Lipinski definition) is 5. The maximum absolute atomic E-state index is 11.2. The molecule has 19 heavy (non-hydrogen) atoms. The van der Waals surface area contributed by atoms with Crippen LogP contribution in [0.1, 0.15) is 43.6 Å². The maximum Gasteiger partial charge on any atom is 0.147 e. The third kappa shape index (κ3) is 6.63. The number of rotatable bonds is 8. The van der Waals surface area contributed by atoms with Crippen LogP contribution >= 0.6 is 0 Å². The Morgan fingerprint density at radius 1 is 1.32 bits per heavy atom. The first-order valence-electron chi connectivity index (χ1n) is 6.62. The van der Waals surface area contributed by atoms with Gasteiger partial charge in [-0.25, -0.2) is 18.4 Å². The average molecular weight is 285 g/mol. The van der Waals surface area contributed by atoms with E-state index in [2.05, 4.69) is 22.2 Å². The van der Waals surface area contributed by atoms with E-state index < -0.39 is 9.84 Å². The molecule has 1 heterocycles. The van der Waals surface area contributed by atoms with Gasteiger partial charge < -0.3 is 5.32 Å². The molecule has 0 bridgehead atoms. The smallest absolute Gasteiger partial charge is 0.147 e. The summed E-state index contributed by atoms with van der Waals surface area (Å²) in [6, 6.07) is 0.0299. The Morgan fingerprint density at radius 3 is 2.47 bits per heavy atom. The lowest BCUT2D eigenvalue weighted by molar-refractivity contribution is 0.470. The molecule has 0 aliphatic carbocycles. The summed E-state index contributed by atoms with van der Waals surface area (Å²) in [5.41, 5.74) is 1.02. The van der Waals surface area contributed by atoms with Crippen LogP contribution in [-0.4, -0.2) is 36.9 Å². The van der Waals surface area contributed by atoms with Gasteiger partial charge in [-0.1, -0.05) is 6.92 Å². The number of nitrogens with one attached hydrogen (secondary N) is 1. The minimum absolute atomic E-state index is 0.0299. The van der Waals surface area contributed by atoms with Gasteiger partial charge >= 0.3 is 0 Å². The monoisotopic (exact) mass is 285 g/mol. The number of sulfone groups is 1. The molecular formula is C13H23N3O2S. The van der Waals surface area contributed by atoms with Gasteiger partial charge in [0.25, 0.3) is 0 Å². The molecule has 6 heteroatoms. The highest BCUT2D eigenvalue weighted by molar-refractivity contribution is 7.90. The number of hydrogen-bond donors (Lipinski definition) is 1. The minimum atomic E-state index is -2.90. The van der Waals surface area contributed by atoms with E-state index in [9.17, 15) is 8.42 Å². The van der Waals surface area contributed by atoms with E-state index in [1.54, 1.807) is 12.4 Å². The Hall–Kier alpha value is -1.01. The second-order valence-electron chi connectivity index (χ2n) is 4.90. The molecule has 1 atom stereocenters. The Morgan fingerprint density at radius 2 is 1.95 bits per heavy atom. The van der Waals surface area contributed by atoms with E-state index in [0.717, 1.165) is 30.8 Å². The van der Waals surface area contributed by atoms with Crippen molar-refractivity contribution in [3.63, 3.8) is 0 Å². The zero-order valence-electron chi connectivity index (χ0n) is 11.9. The van der Waals surface area contributed by atoms with Gasteiger partial charge in [-0.3, -0.25) is 0 Å². The van der Waals surface area contributed by atoms with Gasteiger partial charge in [0.05, 0.1) is 6.04 Å². The average Bonchev–Trinajstić information content (AvgIpc) is 2.33. The predicted molar refractivity (Wildman–Crippen MR) is 76.7 cm³/mol. The van der Waals surface area contributed by atoms with E-state index in [-0.39, 0.29) is 11.8 Å². The van der Waals surface area contributed by atoms with Crippen LogP contribution < -0.4 is 5.32 Å². The second-order valence-corrected chi connectivity index (χ2v) is 7.16. The van der Waals surface area contributed by atoms with Crippen molar-refractivity contribution in [1.82, 2.24) is 15.3 Å². The second kappa shape index (κ2) is 7.55. The van der Waals surface area contributed by atoms with Crippen molar-refractivity contribution in [1.29, 1.82) is 0 Å². The molecule has 1 aromatic heterocycles. The molecule has 0 saturated heterocycles. The van der Waals surface area contributed by atoms with Crippen LogP contribution in [0, 0.1) is 6.92 Å². The zero-order chi connectivity index (χ0) is 14.3. The maximum atomic E-state index is 11.2. The van der Waals surface area contributed by atoms with Crippen molar-refractivity contribution in [2.24, 2.45) is 0 Å². The normalized spacial score (nSPS) is 13.4. The van der Waals surface area contributed by atoms with E-state index >= 15 is 0 Å². The molecule has 0 spiro atoms. The summed E-state index contributed by atoms with van der Waals surface area (Å²) in [6.45, 7) is 4.92. The first-order chi connectivity index (χ1) is 8.92. The number of aryl methyl sites for hydroxylation is 1. The van der Waals surface area contributed by atoms with Crippen LogP contribution in [0.4, 0.5) is 0 Å². The molecule has 1 N–H and O–H groups in total. The Labute approximate surface area is 115 Å². The topological polar surface area (TPSA) is 72.0 Å². The summed E-state index contributed by atoms with van der Waals surface area (Å²) in [6.07, 6.45) is 7.23. The lowest BCUT2D eigenvalue weighted by Gasteiger charge is -2.16. The van der Waals surface area contributed by atoms with Crippen LogP contribution in [0.25, 0.3) is 0 Å². The minimum Gasteiger partial charge on any atom is -0.307 e. The summed E-state index contributed by atoms with van der Waals surface area (Å²) in [5.74, 6) is 0.955. The molecule has 1 unspecified atom stereocenters. The summed E-state index contributed by atoms with van der Waals surface area (Å²) in [4.78, 5) is 8.65. The number of nitrogens with zero attached hydrogens (tertiary/aromatic N) is 2. The molecule has 1 rings (SSSR count). The Kier molecular flexibility index (Phi) is 6.37. The highest BCUT2D eigenvalue weighted by Gasteiger charge is 2.14. The predicted octanol–water partition coefficient (Wildman–Crippen LogP) is 1.65. The standard InChI is InChI=1S/C13H23N3O2S/c1-4-7-14-12(6-5-8-19(3,17)18)13-15-9-11(2)10-16-13/h9-10,12,14H,4-8H2,1-3H3. The van der Waals surface area contributed by atoms with Gasteiger partial charge in [0.1, 0.15) is 15.7 Å². The molecule has 5 nitrogen and oxygen atoms in total. The van der Waals surface area contributed by atoms with Gasteiger partial charge in [0.15, 0.2) is 0 Å². The van der Waals surface area contributed by atoms with Crippen molar-refractivity contribution in [2.45, 2.75) is 39.2 Å². The zero-order valence-corrected chi connectivity index (χ0v) is 12.7. The largest absolute Gasteiger partial charge is 0.307 e. The van der Waals surface area contributed by atoms with Gasteiger partial charge in [0, 0.05) is 24.4 Å². The lowest BCUT2D eigenvalue weighted by atomic mass is 10.1. The number of aromatic nitrogens is 2. The summed E-state index contributed by atoms with van der Waals surface area (Å²) >= 11 is 0. The van der Waals surface area contributed by atoms with Crippen molar-refractivity contribution in [2.75, 3.05) is 18.6 Å². The molecule has 0 radical (unpaired) electrons. The van der Waals surface area contributed by atoms with E-state index in [1.165, 1.54) is 6.26 Å². The van der Waals surface area contributed by atoms with E-state index in [1.807, 2.05) is 6.92 Å². The fraction of sp³-hybridized carbons (Fsp3) is 0.692. The van der Waals surface area contributed by atoms with Crippen LogP contribution in [0.2, 0.25) is 0 Å². The SMILES string of the molecule is CCCNC(CCCS(C)(=O)=O)c1ncc(C)cn1. The van der Waals surface area contributed by atoms with Gasteiger partial charge in [0.2, 0.25) is 0 Å². The highest BCUT2D eigenvalue weighted by Crippen LogP contribution is 2.15. The molecule has 0 aliphatic heterocycles. The van der Waals surface area contributed by atoms with Crippen LogP contribution in [0.15, 0.2) is 12.4 Å². The molecule has 0 fully saturated rings. The van der Waals surface area contributed by atoms with Crippen LogP contribution in [-0.2, 0) is 9.84 Å². The highest BCUT2D eigenvalue weighted by atomic mass is 32.2. The van der Waals surface area contributed by atoms with Crippen LogP contribution in [0.3, 0.4) is 0 Å². The molecule has 0 saturated carbocycles. The fourth-order valence-corrected chi connectivity index (χ4v) is 2.46. The molecule has 0 aromatic carbocycles. The molecular weight excluding hydrogens is 262 g/mol. The third-order valence-electron chi connectivity index (χ3n) is 2.76. The quantitative estimate of drug-likeness (QED) is 0.786. The van der Waals surface area contributed by atoms with Gasteiger partial charge in [-0.2, -0.15) is 0 Å². The fourth-order valence-electron chi connectivity index (χ4n) is 1.77. The summed E-state index contributed by atoms with van der Waals surface area (Å²) < 4.78 is 22.3. The van der Waals surface area contributed by atoms with Gasteiger partial charge in [-0.15, -0.1) is 0 Å². The summed E-state index contributed by atoms with van der Waals surface area (Å²) in [5, 5.41) is 3.37. The van der Waals surface area contributed by atoms with Crippen molar-refractivity contribution < 1.29 is 8.42 Å². The third-order valence-corrected chi connectivity index (χ3v) is 3.79. The lowest BCUT2D eigenvalue weighted by Crippen LogP contribution is -2.24. The van der Waals surface area contributed by atoms with Crippen molar-refractivity contribution in [3.8, 4) is 0 Å². The van der Waals surface area contributed by atoms with Crippen molar-refractivity contribution in [3.05, 3.63) is 23.8 Å². The molecule has 1 aromatic rings. The first-order valence-corrected chi connectivity index (χ1v) is 8.68. The van der Waals surface area contributed by atoms with Gasteiger partial charge in [-0.05, 0) is 38.3 Å². The van der Waals surface area contributed by atoms with E-state index in [4.69, 9.17) is 0 Å². The molecule has 108 valence electrons. The van der Waals surface area contributed by atoms with E-state index in [0.29, 0.717) is 6.42 Å². The van der Waals surface area contributed by atoms with Crippen LogP contribution in [0.5, 0.6) is 0 Å². The van der Waals surface area contributed by atoms with Crippen molar-refractivity contribution >= 4 is 9.84 Å². The summed E-state index contributed by atoms with van der Waals surface area (Å²) in [7, 11) is -2.90. The Bertz CT molecular complexity index is 471. The first kappa shape index (κ1) is 16.0. The molecule has 0 aliphatic rings. The molecule has 0 amide bonds. The Balaban J connectivity index is 2.63.